The van der Waals surface area contributed by atoms with Crippen molar-refractivity contribution in [3.8, 4) is 5.75 Å². The summed E-state index contributed by atoms with van der Waals surface area (Å²) >= 11 is 12.1. The fourth-order valence-electron chi connectivity index (χ4n) is 2.02. The predicted molar refractivity (Wildman–Crippen MR) is 101 cm³/mol. The molecule has 0 aliphatic rings. The standard InChI is InChI=1S/C16H16Cl2N2O4S/c1-20(25(3,22)23)14-8-10(4-6-12(14)17)16(21)19-11-5-7-15(24-2)13(18)9-11/h4-9H,1-3H3,(H,19,21). The first-order valence-corrected chi connectivity index (χ1v) is 9.62. The quantitative estimate of drug-likeness (QED) is 0.827. The maximum absolute atomic E-state index is 12.4. The van der Waals surface area contributed by atoms with E-state index in [0.717, 1.165) is 10.6 Å². The van der Waals surface area contributed by atoms with Gasteiger partial charge in [-0.05, 0) is 36.4 Å². The van der Waals surface area contributed by atoms with Crippen molar-refractivity contribution in [1.29, 1.82) is 0 Å². The Morgan fingerprint density at radius 2 is 1.80 bits per heavy atom. The van der Waals surface area contributed by atoms with Crippen molar-refractivity contribution in [2.75, 3.05) is 30.0 Å². The number of methoxy groups -OCH3 is 1. The van der Waals surface area contributed by atoms with E-state index in [1.807, 2.05) is 0 Å². The summed E-state index contributed by atoms with van der Waals surface area (Å²) in [6, 6.07) is 9.20. The molecule has 0 bridgehead atoms. The third kappa shape index (κ3) is 4.56. The van der Waals surface area contributed by atoms with Crippen molar-refractivity contribution in [1.82, 2.24) is 0 Å². The van der Waals surface area contributed by atoms with Crippen LogP contribution in [0.2, 0.25) is 10.0 Å². The fraction of sp³-hybridized carbons (Fsp3) is 0.188. The second kappa shape index (κ2) is 7.51. The maximum atomic E-state index is 12.4. The average molecular weight is 403 g/mol. The molecule has 0 aliphatic heterocycles. The van der Waals surface area contributed by atoms with Crippen LogP contribution in [-0.2, 0) is 10.0 Å². The molecule has 0 aromatic heterocycles. The van der Waals surface area contributed by atoms with Crippen LogP contribution in [0.1, 0.15) is 10.4 Å². The Kier molecular flexibility index (Phi) is 5.82. The van der Waals surface area contributed by atoms with E-state index in [1.54, 1.807) is 18.2 Å². The number of sulfonamides is 1. The summed E-state index contributed by atoms with van der Waals surface area (Å²) in [5.74, 6) is 0.0595. The zero-order chi connectivity index (χ0) is 18.8. The van der Waals surface area contributed by atoms with Gasteiger partial charge < -0.3 is 10.1 Å². The number of amides is 1. The lowest BCUT2D eigenvalue weighted by molar-refractivity contribution is 0.102. The number of rotatable bonds is 5. The smallest absolute Gasteiger partial charge is 0.255 e. The molecular weight excluding hydrogens is 387 g/mol. The Hall–Kier alpha value is -1.96. The van der Waals surface area contributed by atoms with Crippen LogP contribution in [0.4, 0.5) is 11.4 Å². The predicted octanol–water partition coefficient (Wildman–Crippen LogP) is 3.65. The van der Waals surface area contributed by atoms with Gasteiger partial charge in [-0.15, -0.1) is 0 Å². The number of carbonyl (C=O) groups is 1. The zero-order valence-corrected chi connectivity index (χ0v) is 16.0. The molecule has 25 heavy (non-hydrogen) atoms. The highest BCUT2D eigenvalue weighted by Crippen LogP contribution is 2.29. The number of hydrogen-bond donors (Lipinski definition) is 1. The van der Waals surface area contributed by atoms with E-state index in [4.69, 9.17) is 27.9 Å². The Balaban J connectivity index is 2.30. The lowest BCUT2D eigenvalue weighted by atomic mass is 10.2. The van der Waals surface area contributed by atoms with Crippen LogP contribution in [0.15, 0.2) is 36.4 Å². The first-order valence-electron chi connectivity index (χ1n) is 7.02. The van der Waals surface area contributed by atoms with Crippen molar-refractivity contribution < 1.29 is 17.9 Å². The topological polar surface area (TPSA) is 75.7 Å². The van der Waals surface area contributed by atoms with Gasteiger partial charge in [0.2, 0.25) is 10.0 Å². The monoisotopic (exact) mass is 402 g/mol. The average Bonchev–Trinajstić information content (AvgIpc) is 2.54. The highest BCUT2D eigenvalue weighted by Gasteiger charge is 2.18. The molecule has 0 unspecified atom stereocenters. The van der Waals surface area contributed by atoms with E-state index >= 15 is 0 Å². The minimum atomic E-state index is -3.51. The van der Waals surface area contributed by atoms with Crippen LogP contribution in [-0.4, -0.2) is 34.7 Å². The van der Waals surface area contributed by atoms with Gasteiger partial charge in [0.05, 0.1) is 29.1 Å². The molecule has 1 N–H and O–H groups in total. The first kappa shape index (κ1) is 19.4. The number of hydrogen-bond acceptors (Lipinski definition) is 4. The Bertz CT molecular complexity index is 916. The largest absolute Gasteiger partial charge is 0.495 e. The summed E-state index contributed by atoms with van der Waals surface area (Å²) in [7, 11) is -0.652. The summed E-state index contributed by atoms with van der Waals surface area (Å²) < 4.78 is 29.5. The van der Waals surface area contributed by atoms with Crippen LogP contribution in [0.25, 0.3) is 0 Å². The van der Waals surface area contributed by atoms with E-state index in [9.17, 15) is 13.2 Å². The molecule has 1 amide bonds. The second-order valence-corrected chi connectivity index (χ2v) is 8.03. The van der Waals surface area contributed by atoms with E-state index in [2.05, 4.69) is 5.32 Å². The molecule has 134 valence electrons. The molecule has 0 spiro atoms. The molecule has 0 saturated carbocycles. The van der Waals surface area contributed by atoms with Crippen LogP contribution in [0.5, 0.6) is 5.75 Å². The van der Waals surface area contributed by atoms with Crippen molar-refractivity contribution in [3.05, 3.63) is 52.0 Å². The lowest BCUT2D eigenvalue weighted by Gasteiger charge is -2.19. The number of carbonyl (C=O) groups excluding carboxylic acids is 1. The molecule has 9 heteroatoms. The summed E-state index contributed by atoms with van der Waals surface area (Å²) in [5.41, 5.74) is 0.940. The number of ether oxygens (including phenoxy) is 1. The van der Waals surface area contributed by atoms with Crippen LogP contribution < -0.4 is 14.4 Å². The van der Waals surface area contributed by atoms with Crippen molar-refractivity contribution in [2.45, 2.75) is 0 Å². The number of nitrogens with one attached hydrogen (secondary N) is 1. The highest BCUT2D eigenvalue weighted by atomic mass is 35.5. The second-order valence-electron chi connectivity index (χ2n) is 5.20. The fourth-order valence-corrected chi connectivity index (χ4v) is 3.08. The number of halogens is 2. The number of benzene rings is 2. The Morgan fingerprint density at radius 3 is 2.36 bits per heavy atom. The third-order valence-electron chi connectivity index (χ3n) is 3.45. The molecule has 2 aromatic rings. The normalized spacial score (nSPS) is 11.1. The van der Waals surface area contributed by atoms with E-state index in [1.165, 1.54) is 32.4 Å². The molecule has 0 heterocycles. The van der Waals surface area contributed by atoms with Crippen molar-refractivity contribution >= 4 is 50.5 Å². The number of nitrogens with zero attached hydrogens (tertiary/aromatic N) is 1. The molecule has 0 fully saturated rings. The molecular formula is C16H16Cl2N2O4S. The van der Waals surface area contributed by atoms with Gasteiger partial charge in [0.1, 0.15) is 5.75 Å². The molecule has 2 rings (SSSR count). The van der Waals surface area contributed by atoms with Crippen LogP contribution >= 0.6 is 23.2 Å². The Labute approximate surface area is 156 Å². The van der Waals surface area contributed by atoms with Gasteiger partial charge in [-0.2, -0.15) is 0 Å². The van der Waals surface area contributed by atoms with Crippen LogP contribution in [0.3, 0.4) is 0 Å². The van der Waals surface area contributed by atoms with Crippen molar-refractivity contribution in [3.63, 3.8) is 0 Å². The molecule has 2 aromatic carbocycles. The summed E-state index contributed by atoms with van der Waals surface area (Å²) in [6.07, 6.45) is 1.05. The molecule has 6 nitrogen and oxygen atoms in total. The molecule has 0 atom stereocenters. The van der Waals surface area contributed by atoms with Gasteiger partial charge in [0, 0.05) is 18.3 Å². The van der Waals surface area contributed by atoms with E-state index in [0.29, 0.717) is 16.5 Å². The highest BCUT2D eigenvalue weighted by molar-refractivity contribution is 7.92. The molecule has 0 aliphatic carbocycles. The summed E-state index contributed by atoms with van der Waals surface area (Å²) in [4.78, 5) is 12.4. The lowest BCUT2D eigenvalue weighted by Crippen LogP contribution is -2.25. The Morgan fingerprint density at radius 1 is 1.12 bits per heavy atom. The SMILES string of the molecule is COc1ccc(NC(=O)c2ccc(Cl)c(N(C)S(C)(=O)=O)c2)cc1Cl. The number of anilines is 2. The first-order chi connectivity index (χ1) is 11.6. The summed E-state index contributed by atoms with van der Waals surface area (Å²) in [6.45, 7) is 0. The third-order valence-corrected chi connectivity index (χ3v) is 5.26. The molecule has 0 radical (unpaired) electrons. The van der Waals surface area contributed by atoms with Gasteiger partial charge in [0.15, 0.2) is 0 Å². The maximum Gasteiger partial charge on any atom is 0.255 e. The molecule has 0 saturated heterocycles. The zero-order valence-electron chi connectivity index (χ0n) is 13.7. The van der Waals surface area contributed by atoms with Gasteiger partial charge in [-0.1, -0.05) is 23.2 Å². The van der Waals surface area contributed by atoms with Crippen molar-refractivity contribution in [2.24, 2.45) is 0 Å². The minimum absolute atomic E-state index is 0.213. The van der Waals surface area contributed by atoms with Gasteiger partial charge in [0.25, 0.3) is 5.91 Å². The van der Waals surface area contributed by atoms with Crippen LogP contribution in [0, 0.1) is 0 Å². The van der Waals surface area contributed by atoms with Gasteiger partial charge in [-0.3, -0.25) is 9.10 Å². The summed E-state index contributed by atoms with van der Waals surface area (Å²) in [5, 5.41) is 3.26. The van der Waals surface area contributed by atoms with E-state index < -0.39 is 15.9 Å². The van der Waals surface area contributed by atoms with E-state index in [-0.39, 0.29) is 16.3 Å². The minimum Gasteiger partial charge on any atom is -0.495 e. The van der Waals surface area contributed by atoms with Gasteiger partial charge in [-0.25, -0.2) is 8.42 Å². The van der Waals surface area contributed by atoms with Gasteiger partial charge >= 0.3 is 0 Å².